The Morgan fingerprint density at radius 2 is 1.94 bits per heavy atom. The average molecular weight is 214 g/mol. The van der Waals surface area contributed by atoms with Gasteiger partial charge in [-0.05, 0) is 18.1 Å². The van der Waals surface area contributed by atoms with Crippen LogP contribution in [0.15, 0.2) is 42.2 Å². The summed E-state index contributed by atoms with van der Waals surface area (Å²) < 4.78 is 0. The number of primary amides is 1. The van der Waals surface area contributed by atoms with Crippen molar-refractivity contribution in [1.82, 2.24) is 5.32 Å². The minimum Gasteiger partial charge on any atom is -0.367 e. The molecule has 0 spiro atoms. The molecule has 3 nitrogen and oxygen atoms in total. The fraction of sp³-hybridized carbons (Fsp3) is 0.154. The van der Waals surface area contributed by atoms with Crippen LogP contribution in [0.2, 0.25) is 0 Å². The van der Waals surface area contributed by atoms with Crippen molar-refractivity contribution in [2.24, 2.45) is 5.73 Å². The van der Waals surface area contributed by atoms with Crippen molar-refractivity contribution >= 4 is 11.5 Å². The van der Waals surface area contributed by atoms with Gasteiger partial charge in [-0.15, -0.1) is 0 Å². The third-order valence-electron chi connectivity index (χ3n) is 2.63. The first-order valence-corrected chi connectivity index (χ1v) is 5.18. The molecule has 1 amide bonds. The fourth-order valence-corrected chi connectivity index (χ4v) is 1.66. The maximum Gasteiger partial charge on any atom is 0.246 e. The highest BCUT2D eigenvalue weighted by Gasteiger charge is 2.12. The average Bonchev–Trinajstić information content (AvgIpc) is 2.30. The molecule has 1 heterocycles. The van der Waals surface area contributed by atoms with Crippen LogP contribution in [0.4, 0.5) is 0 Å². The van der Waals surface area contributed by atoms with Crippen molar-refractivity contribution in [3.63, 3.8) is 0 Å². The standard InChI is InChI=1S/C13H14N2O/c1-9-2-4-10(5-3-9)11-6-12(13(14)16)8-15-7-11/h2-5,7-8,15H,6H2,1H3,(H2,14,16). The molecule has 0 atom stereocenters. The van der Waals surface area contributed by atoms with Crippen molar-refractivity contribution in [3.05, 3.63) is 53.4 Å². The van der Waals surface area contributed by atoms with Crippen molar-refractivity contribution in [2.75, 3.05) is 0 Å². The van der Waals surface area contributed by atoms with Crippen LogP contribution >= 0.6 is 0 Å². The fourth-order valence-electron chi connectivity index (χ4n) is 1.66. The van der Waals surface area contributed by atoms with E-state index in [2.05, 4.69) is 17.4 Å². The molecule has 0 radical (unpaired) electrons. The minimum absolute atomic E-state index is 0.370. The molecule has 3 N–H and O–H groups in total. The molecule has 1 aromatic carbocycles. The Bertz CT molecular complexity index is 469. The Hall–Kier alpha value is -2.03. The van der Waals surface area contributed by atoms with Gasteiger partial charge in [0.05, 0.1) is 0 Å². The van der Waals surface area contributed by atoms with Crippen molar-refractivity contribution in [2.45, 2.75) is 13.3 Å². The van der Waals surface area contributed by atoms with E-state index in [1.165, 1.54) is 5.56 Å². The second-order valence-electron chi connectivity index (χ2n) is 3.91. The van der Waals surface area contributed by atoms with E-state index in [-0.39, 0.29) is 5.91 Å². The zero-order valence-corrected chi connectivity index (χ0v) is 9.16. The summed E-state index contributed by atoms with van der Waals surface area (Å²) in [4.78, 5) is 11.1. The van der Waals surface area contributed by atoms with Crippen molar-refractivity contribution in [1.29, 1.82) is 0 Å². The van der Waals surface area contributed by atoms with Crippen LogP contribution in [0.3, 0.4) is 0 Å². The number of hydrogen-bond donors (Lipinski definition) is 2. The van der Waals surface area contributed by atoms with Gasteiger partial charge in [0, 0.05) is 24.4 Å². The monoisotopic (exact) mass is 214 g/mol. The van der Waals surface area contributed by atoms with Gasteiger partial charge in [0.25, 0.3) is 0 Å². The molecule has 0 aliphatic carbocycles. The van der Waals surface area contributed by atoms with Crippen LogP contribution in [-0.4, -0.2) is 5.91 Å². The number of carbonyl (C=O) groups is 1. The highest BCUT2D eigenvalue weighted by Crippen LogP contribution is 2.24. The zero-order chi connectivity index (χ0) is 11.5. The number of nitrogens with two attached hydrogens (primary N) is 1. The molecular formula is C13H14N2O. The van der Waals surface area contributed by atoms with Gasteiger partial charge in [0.15, 0.2) is 0 Å². The van der Waals surface area contributed by atoms with Crippen LogP contribution in [-0.2, 0) is 4.79 Å². The molecule has 0 fully saturated rings. The van der Waals surface area contributed by atoms with Crippen LogP contribution in [0, 0.1) is 6.92 Å². The third kappa shape index (κ3) is 2.14. The number of carbonyl (C=O) groups excluding carboxylic acids is 1. The molecule has 0 saturated carbocycles. The lowest BCUT2D eigenvalue weighted by Crippen LogP contribution is -2.19. The van der Waals surface area contributed by atoms with E-state index in [0.29, 0.717) is 12.0 Å². The summed E-state index contributed by atoms with van der Waals surface area (Å²) in [6.07, 6.45) is 4.14. The van der Waals surface area contributed by atoms with Gasteiger partial charge in [0.1, 0.15) is 0 Å². The normalized spacial score (nSPS) is 14.8. The van der Waals surface area contributed by atoms with Crippen LogP contribution in [0.25, 0.3) is 5.57 Å². The first kappa shape index (κ1) is 10.5. The number of rotatable bonds is 2. The molecule has 82 valence electrons. The second kappa shape index (κ2) is 4.23. The highest BCUT2D eigenvalue weighted by atomic mass is 16.1. The second-order valence-corrected chi connectivity index (χ2v) is 3.91. The summed E-state index contributed by atoms with van der Waals surface area (Å²) in [6.45, 7) is 2.05. The first-order valence-electron chi connectivity index (χ1n) is 5.18. The summed E-state index contributed by atoms with van der Waals surface area (Å²) >= 11 is 0. The van der Waals surface area contributed by atoms with E-state index in [1.54, 1.807) is 6.20 Å². The molecule has 2 rings (SSSR count). The third-order valence-corrected chi connectivity index (χ3v) is 2.63. The lowest BCUT2D eigenvalue weighted by atomic mass is 9.97. The number of benzene rings is 1. The summed E-state index contributed by atoms with van der Waals surface area (Å²) in [5.41, 5.74) is 9.28. The molecular weight excluding hydrogens is 200 g/mol. The quantitative estimate of drug-likeness (QED) is 0.787. The molecule has 0 bridgehead atoms. The predicted molar refractivity (Wildman–Crippen MR) is 64.2 cm³/mol. The van der Waals surface area contributed by atoms with Gasteiger partial charge in [-0.1, -0.05) is 29.8 Å². The lowest BCUT2D eigenvalue weighted by molar-refractivity contribution is -0.114. The Kier molecular flexibility index (Phi) is 2.77. The summed E-state index contributed by atoms with van der Waals surface area (Å²) in [5, 5.41) is 2.95. The predicted octanol–water partition coefficient (Wildman–Crippen LogP) is 1.70. The molecule has 0 aromatic heterocycles. The number of aryl methyl sites for hydroxylation is 1. The van der Waals surface area contributed by atoms with Gasteiger partial charge >= 0.3 is 0 Å². The number of nitrogens with one attached hydrogen (secondary N) is 1. The molecule has 16 heavy (non-hydrogen) atoms. The van der Waals surface area contributed by atoms with E-state index < -0.39 is 0 Å². The Labute approximate surface area is 94.7 Å². The Morgan fingerprint density at radius 1 is 1.25 bits per heavy atom. The number of dihydropyridines is 1. The minimum atomic E-state index is -0.370. The van der Waals surface area contributed by atoms with Crippen LogP contribution < -0.4 is 11.1 Å². The van der Waals surface area contributed by atoms with Crippen LogP contribution in [0.1, 0.15) is 17.5 Å². The number of hydrogen-bond acceptors (Lipinski definition) is 2. The Morgan fingerprint density at radius 3 is 2.56 bits per heavy atom. The van der Waals surface area contributed by atoms with Gasteiger partial charge in [-0.25, -0.2) is 0 Å². The molecule has 3 heteroatoms. The topological polar surface area (TPSA) is 55.1 Å². The lowest BCUT2D eigenvalue weighted by Gasteiger charge is -2.14. The molecule has 0 saturated heterocycles. The number of amides is 1. The molecule has 1 aromatic rings. The molecule has 1 aliphatic heterocycles. The maximum absolute atomic E-state index is 11.1. The van der Waals surface area contributed by atoms with Gasteiger partial charge in [-0.2, -0.15) is 0 Å². The van der Waals surface area contributed by atoms with Crippen molar-refractivity contribution < 1.29 is 4.79 Å². The molecule has 0 unspecified atom stereocenters. The summed E-state index contributed by atoms with van der Waals surface area (Å²) in [7, 11) is 0. The zero-order valence-electron chi connectivity index (χ0n) is 9.16. The Balaban J connectivity index is 2.21. The van der Waals surface area contributed by atoms with Crippen molar-refractivity contribution in [3.8, 4) is 0 Å². The molecule has 1 aliphatic rings. The first-order chi connectivity index (χ1) is 7.66. The van der Waals surface area contributed by atoms with Crippen LogP contribution in [0.5, 0.6) is 0 Å². The summed E-state index contributed by atoms with van der Waals surface area (Å²) in [6, 6.07) is 8.20. The van der Waals surface area contributed by atoms with E-state index in [0.717, 1.165) is 11.1 Å². The number of allylic oxidation sites excluding steroid dienone is 1. The van der Waals surface area contributed by atoms with E-state index >= 15 is 0 Å². The van der Waals surface area contributed by atoms with E-state index in [1.807, 2.05) is 25.3 Å². The van der Waals surface area contributed by atoms with E-state index in [9.17, 15) is 4.79 Å². The van der Waals surface area contributed by atoms with E-state index in [4.69, 9.17) is 5.73 Å². The largest absolute Gasteiger partial charge is 0.367 e. The van der Waals surface area contributed by atoms with Gasteiger partial charge in [0.2, 0.25) is 5.91 Å². The SMILES string of the molecule is Cc1ccc(C2=CNC=C(C(N)=O)C2)cc1. The maximum atomic E-state index is 11.1. The summed E-state index contributed by atoms with van der Waals surface area (Å²) in [5.74, 6) is -0.370. The van der Waals surface area contributed by atoms with Gasteiger partial charge in [-0.3, -0.25) is 4.79 Å². The highest BCUT2D eigenvalue weighted by molar-refractivity contribution is 5.95. The smallest absolute Gasteiger partial charge is 0.246 e. The van der Waals surface area contributed by atoms with Gasteiger partial charge < -0.3 is 11.1 Å².